The third kappa shape index (κ3) is 4.65. The number of pyridine rings is 1. The second kappa shape index (κ2) is 7.45. The largest absolute Gasteiger partial charge is 0.494 e. The zero-order valence-corrected chi connectivity index (χ0v) is 11.3. The summed E-state index contributed by atoms with van der Waals surface area (Å²) in [5.74, 6) is 1.79. The predicted molar refractivity (Wildman–Crippen MR) is 76.2 cm³/mol. The first-order valence-electron chi connectivity index (χ1n) is 6.05. The van der Waals surface area contributed by atoms with Crippen LogP contribution in [-0.2, 0) is 0 Å². The van der Waals surface area contributed by atoms with Crippen LogP contribution in [0, 0.1) is 11.3 Å². The Morgan fingerprint density at radius 1 is 1.16 bits per heavy atom. The first kappa shape index (κ1) is 13.4. The van der Waals surface area contributed by atoms with Crippen LogP contribution < -0.4 is 4.74 Å². The number of ether oxygens (including phenoxy) is 1. The summed E-state index contributed by atoms with van der Waals surface area (Å²) in [4.78, 5) is 4.25. The number of benzene rings is 1. The van der Waals surface area contributed by atoms with E-state index in [0.717, 1.165) is 22.9 Å². The van der Waals surface area contributed by atoms with Gasteiger partial charge in [-0.05, 0) is 42.8 Å². The van der Waals surface area contributed by atoms with Gasteiger partial charge in [-0.15, -0.1) is 11.8 Å². The van der Waals surface area contributed by atoms with E-state index < -0.39 is 0 Å². The Bertz CT molecular complexity index is 534. The van der Waals surface area contributed by atoms with Gasteiger partial charge < -0.3 is 4.74 Å². The molecule has 0 radical (unpaired) electrons. The maximum absolute atomic E-state index is 8.68. The minimum Gasteiger partial charge on any atom is -0.494 e. The van der Waals surface area contributed by atoms with Crippen LogP contribution in [0.1, 0.15) is 12.0 Å². The van der Waals surface area contributed by atoms with Crippen LogP contribution in [0.5, 0.6) is 5.75 Å². The van der Waals surface area contributed by atoms with E-state index in [2.05, 4.69) is 11.1 Å². The molecule has 0 amide bonds. The summed E-state index contributed by atoms with van der Waals surface area (Å²) in [5, 5.41) is 9.73. The maximum atomic E-state index is 8.68. The summed E-state index contributed by atoms with van der Waals surface area (Å²) in [7, 11) is 0. The van der Waals surface area contributed by atoms with E-state index in [1.54, 1.807) is 30.1 Å². The van der Waals surface area contributed by atoms with Gasteiger partial charge in [0.2, 0.25) is 0 Å². The van der Waals surface area contributed by atoms with E-state index in [1.807, 2.05) is 30.3 Å². The lowest BCUT2D eigenvalue weighted by Crippen LogP contribution is -1.98. The highest BCUT2D eigenvalue weighted by atomic mass is 32.2. The Kier molecular flexibility index (Phi) is 5.27. The van der Waals surface area contributed by atoms with Crippen LogP contribution >= 0.6 is 11.8 Å². The molecule has 19 heavy (non-hydrogen) atoms. The van der Waals surface area contributed by atoms with Crippen LogP contribution in [-0.4, -0.2) is 17.3 Å². The molecule has 3 nitrogen and oxygen atoms in total. The van der Waals surface area contributed by atoms with Gasteiger partial charge in [0.05, 0.1) is 23.3 Å². The molecule has 0 saturated carbocycles. The van der Waals surface area contributed by atoms with Gasteiger partial charge in [-0.1, -0.05) is 6.07 Å². The molecule has 0 unspecified atom stereocenters. The van der Waals surface area contributed by atoms with Crippen LogP contribution in [0.25, 0.3) is 0 Å². The van der Waals surface area contributed by atoms with Crippen molar-refractivity contribution in [2.75, 3.05) is 12.4 Å². The van der Waals surface area contributed by atoms with E-state index in [4.69, 9.17) is 10.00 Å². The van der Waals surface area contributed by atoms with Gasteiger partial charge in [0.1, 0.15) is 5.75 Å². The van der Waals surface area contributed by atoms with E-state index >= 15 is 0 Å². The van der Waals surface area contributed by atoms with Crippen molar-refractivity contribution < 1.29 is 4.74 Å². The van der Waals surface area contributed by atoms with Crippen molar-refractivity contribution in [1.29, 1.82) is 5.26 Å². The fourth-order valence-electron chi connectivity index (χ4n) is 1.48. The van der Waals surface area contributed by atoms with Crippen molar-refractivity contribution >= 4 is 11.8 Å². The Balaban J connectivity index is 1.65. The third-order valence-electron chi connectivity index (χ3n) is 2.43. The van der Waals surface area contributed by atoms with Crippen LogP contribution in [0.3, 0.4) is 0 Å². The Labute approximate surface area is 117 Å². The average molecular weight is 270 g/mol. The van der Waals surface area contributed by atoms with Gasteiger partial charge in [0.15, 0.2) is 0 Å². The molecule has 1 aromatic heterocycles. The van der Waals surface area contributed by atoms with Gasteiger partial charge in [-0.2, -0.15) is 5.26 Å². The Morgan fingerprint density at radius 3 is 2.68 bits per heavy atom. The highest BCUT2D eigenvalue weighted by Crippen LogP contribution is 2.16. The first-order valence-corrected chi connectivity index (χ1v) is 7.04. The monoisotopic (exact) mass is 270 g/mol. The molecule has 1 aromatic carbocycles. The molecule has 1 heterocycles. The molecule has 0 atom stereocenters. The summed E-state index contributed by atoms with van der Waals surface area (Å²) < 4.78 is 5.60. The summed E-state index contributed by atoms with van der Waals surface area (Å²) in [6.07, 6.45) is 2.76. The normalized spacial score (nSPS) is 9.84. The molecule has 0 spiro atoms. The molecule has 2 aromatic rings. The number of nitriles is 1. The number of nitrogens with zero attached hydrogens (tertiary/aromatic N) is 2. The highest BCUT2D eigenvalue weighted by molar-refractivity contribution is 7.99. The van der Waals surface area contributed by atoms with Crippen molar-refractivity contribution in [2.24, 2.45) is 0 Å². The molecule has 0 bridgehead atoms. The molecular weight excluding hydrogens is 256 g/mol. The molecule has 0 aliphatic rings. The van der Waals surface area contributed by atoms with Crippen LogP contribution in [0.4, 0.5) is 0 Å². The van der Waals surface area contributed by atoms with Crippen molar-refractivity contribution in [1.82, 2.24) is 4.98 Å². The lowest BCUT2D eigenvalue weighted by atomic mass is 10.2. The van der Waals surface area contributed by atoms with E-state index in [1.165, 1.54) is 0 Å². The number of thioether (sulfide) groups is 1. The van der Waals surface area contributed by atoms with Gasteiger partial charge >= 0.3 is 0 Å². The third-order valence-corrected chi connectivity index (χ3v) is 3.46. The zero-order chi connectivity index (χ0) is 13.3. The molecule has 0 aliphatic carbocycles. The molecule has 96 valence electrons. The second-order valence-electron chi connectivity index (χ2n) is 3.85. The minimum absolute atomic E-state index is 0.651. The van der Waals surface area contributed by atoms with Gasteiger partial charge in [0, 0.05) is 11.9 Å². The van der Waals surface area contributed by atoms with E-state index in [9.17, 15) is 0 Å². The number of rotatable bonds is 6. The van der Waals surface area contributed by atoms with Crippen molar-refractivity contribution in [3.8, 4) is 11.8 Å². The van der Waals surface area contributed by atoms with Crippen molar-refractivity contribution in [2.45, 2.75) is 11.4 Å². The summed E-state index contributed by atoms with van der Waals surface area (Å²) in [6, 6.07) is 15.2. The van der Waals surface area contributed by atoms with Crippen LogP contribution in [0.2, 0.25) is 0 Å². The van der Waals surface area contributed by atoms with E-state index in [-0.39, 0.29) is 0 Å². The molecule has 0 aliphatic heterocycles. The first-order chi connectivity index (χ1) is 9.38. The van der Waals surface area contributed by atoms with Crippen molar-refractivity contribution in [3.63, 3.8) is 0 Å². The van der Waals surface area contributed by atoms with Gasteiger partial charge in [-0.3, -0.25) is 0 Å². The fraction of sp³-hybridized carbons (Fsp3) is 0.200. The molecule has 4 heteroatoms. The van der Waals surface area contributed by atoms with E-state index in [0.29, 0.717) is 12.2 Å². The molecule has 0 N–H and O–H groups in total. The summed E-state index contributed by atoms with van der Waals surface area (Å²) in [6.45, 7) is 0.672. The fourth-order valence-corrected chi connectivity index (χ4v) is 2.27. The van der Waals surface area contributed by atoms with Gasteiger partial charge in [0.25, 0.3) is 0 Å². The minimum atomic E-state index is 0.651. The predicted octanol–water partition coefficient (Wildman–Crippen LogP) is 3.51. The molecule has 2 rings (SSSR count). The lowest BCUT2D eigenvalue weighted by molar-refractivity contribution is 0.318. The quantitative estimate of drug-likeness (QED) is 0.595. The number of aromatic nitrogens is 1. The van der Waals surface area contributed by atoms with Gasteiger partial charge in [-0.25, -0.2) is 4.98 Å². The number of hydrogen-bond donors (Lipinski definition) is 0. The smallest absolute Gasteiger partial charge is 0.119 e. The zero-order valence-electron chi connectivity index (χ0n) is 10.5. The standard InChI is InChI=1S/C15H14N2OS/c16-12-13-5-7-14(8-6-13)18-10-3-11-19-15-4-1-2-9-17-15/h1-2,4-9H,3,10-11H2. The Morgan fingerprint density at radius 2 is 2.00 bits per heavy atom. The van der Waals surface area contributed by atoms with Crippen molar-refractivity contribution in [3.05, 3.63) is 54.2 Å². The molecule has 0 fully saturated rings. The SMILES string of the molecule is N#Cc1ccc(OCCCSc2ccccn2)cc1. The topological polar surface area (TPSA) is 45.9 Å². The molecule has 0 saturated heterocycles. The summed E-state index contributed by atoms with van der Waals surface area (Å²) in [5.41, 5.74) is 0.651. The lowest BCUT2D eigenvalue weighted by Gasteiger charge is -2.05. The highest BCUT2D eigenvalue weighted by Gasteiger charge is 1.97. The Hall–Kier alpha value is -1.99. The van der Waals surface area contributed by atoms with Crippen LogP contribution in [0.15, 0.2) is 53.7 Å². The second-order valence-corrected chi connectivity index (χ2v) is 4.97. The average Bonchev–Trinajstić information content (AvgIpc) is 2.49. The number of hydrogen-bond acceptors (Lipinski definition) is 4. The summed E-state index contributed by atoms with van der Waals surface area (Å²) >= 11 is 1.73. The molecular formula is C15H14N2OS. The maximum Gasteiger partial charge on any atom is 0.119 e.